The van der Waals surface area contributed by atoms with Crippen LogP contribution in [0, 0.1) is 0 Å². The second-order valence-electron chi connectivity index (χ2n) is 4.49. The summed E-state index contributed by atoms with van der Waals surface area (Å²) in [7, 11) is 0. The van der Waals surface area contributed by atoms with Gasteiger partial charge in [-0.15, -0.1) is 0 Å². The van der Waals surface area contributed by atoms with Crippen molar-refractivity contribution in [1.29, 1.82) is 0 Å². The molecule has 0 aliphatic rings. The summed E-state index contributed by atoms with van der Waals surface area (Å²) in [6, 6.07) is 1.12. The molecule has 124 valence electrons. The highest BCUT2D eigenvalue weighted by atomic mass is 19.4. The molecule has 0 radical (unpaired) electrons. The van der Waals surface area contributed by atoms with E-state index in [1.807, 2.05) is 13.8 Å². The van der Waals surface area contributed by atoms with Gasteiger partial charge in [0, 0.05) is 11.8 Å². The van der Waals surface area contributed by atoms with Crippen LogP contribution in [-0.4, -0.2) is 44.3 Å². The summed E-state index contributed by atoms with van der Waals surface area (Å²) in [6.45, 7) is 5.61. The van der Waals surface area contributed by atoms with E-state index in [1.165, 1.54) is 6.33 Å². The van der Waals surface area contributed by atoms with E-state index in [0.29, 0.717) is 11.7 Å². The molecule has 0 fully saturated rings. The van der Waals surface area contributed by atoms with Gasteiger partial charge in [0.1, 0.15) is 18.2 Å². The molecular weight excluding hydrogens is 307 g/mol. The van der Waals surface area contributed by atoms with Crippen molar-refractivity contribution in [3.63, 3.8) is 0 Å². The van der Waals surface area contributed by atoms with Gasteiger partial charge in [0.15, 0.2) is 0 Å². The predicted molar refractivity (Wildman–Crippen MR) is 70.5 cm³/mol. The molecule has 7 nitrogen and oxygen atoms in total. The summed E-state index contributed by atoms with van der Waals surface area (Å²) in [5.74, 6) is -2.82. The molecule has 1 atom stereocenters. The van der Waals surface area contributed by atoms with E-state index in [9.17, 15) is 18.0 Å². The first-order valence-electron chi connectivity index (χ1n) is 6.06. The number of nitrogens with one attached hydrogen (secondary N) is 1. The number of nitrogens with zero attached hydrogens (tertiary/aromatic N) is 2. The zero-order valence-electron chi connectivity index (χ0n) is 12.0. The third kappa shape index (κ3) is 7.41. The second-order valence-corrected chi connectivity index (χ2v) is 4.49. The second kappa shape index (κ2) is 8.15. The number of hydrogen-bond acceptors (Lipinski definition) is 5. The van der Waals surface area contributed by atoms with Crippen LogP contribution >= 0.6 is 0 Å². The Labute approximate surface area is 124 Å². The molecule has 0 unspecified atom stereocenters. The standard InChI is InChI=1S/C10H15N3O2.C2HF3O2/c1-6(2)8-4-9(12-5-11-8)13-7(3)10(14)15;3-2(4,5)1(6)7/h4-7H,1-3H3,(H,14,15)(H,11,12,13);(H,6,7)/t7-;/m1./s1. The molecule has 0 aliphatic heterocycles. The highest BCUT2D eigenvalue weighted by Gasteiger charge is 2.38. The molecule has 22 heavy (non-hydrogen) atoms. The number of aromatic nitrogens is 2. The Bertz CT molecular complexity index is 521. The van der Waals surface area contributed by atoms with Gasteiger partial charge in [0.05, 0.1) is 0 Å². The number of anilines is 1. The summed E-state index contributed by atoms with van der Waals surface area (Å²) in [5, 5.41) is 18.6. The lowest BCUT2D eigenvalue weighted by Crippen LogP contribution is -2.26. The summed E-state index contributed by atoms with van der Waals surface area (Å²) in [4.78, 5) is 27.6. The van der Waals surface area contributed by atoms with Crippen molar-refractivity contribution < 1.29 is 33.0 Å². The summed E-state index contributed by atoms with van der Waals surface area (Å²) < 4.78 is 31.7. The average Bonchev–Trinajstić information content (AvgIpc) is 2.38. The van der Waals surface area contributed by atoms with Crippen molar-refractivity contribution in [3.05, 3.63) is 18.1 Å². The number of halogens is 3. The van der Waals surface area contributed by atoms with Crippen molar-refractivity contribution in [3.8, 4) is 0 Å². The molecule has 3 N–H and O–H groups in total. The first kappa shape index (κ1) is 19.6. The number of carboxylic acid groups (broad SMARTS) is 2. The quantitative estimate of drug-likeness (QED) is 0.778. The van der Waals surface area contributed by atoms with Gasteiger partial charge in [-0.2, -0.15) is 13.2 Å². The van der Waals surface area contributed by atoms with Gasteiger partial charge in [0.25, 0.3) is 0 Å². The minimum Gasteiger partial charge on any atom is -0.480 e. The van der Waals surface area contributed by atoms with Crippen molar-refractivity contribution in [2.45, 2.75) is 38.9 Å². The number of aliphatic carboxylic acids is 2. The van der Waals surface area contributed by atoms with Gasteiger partial charge >= 0.3 is 18.1 Å². The fourth-order valence-corrected chi connectivity index (χ4v) is 1.05. The minimum absolute atomic E-state index is 0.300. The lowest BCUT2D eigenvalue weighted by atomic mass is 10.1. The van der Waals surface area contributed by atoms with Gasteiger partial charge in [0.2, 0.25) is 0 Å². The third-order valence-corrected chi connectivity index (χ3v) is 2.26. The number of hydrogen-bond donors (Lipinski definition) is 3. The zero-order valence-corrected chi connectivity index (χ0v) is 12.0. The molecule has 1 rings (SSSR count). The fraction of sp³-hybridized carbons (Fsp3) is 0.500. The highest BCUT2D eigenvalue weighted by molar-refractivity contribution is 5.76. The lowest BCUT2D eigenvalue weighted by Gasteiger charge is -2.11. The Morgan fingerprint density at radius 3 is 2.05 bits per heavy atom. The Morgan fingerprint density at radius 2 is 1.68 bits per heavy atom. The lowest BCUT2D eigenvalue weighted by molar-refractivity contribution is -0.192. The minimum atomic E-state index is -5.08. The summed E-state index contributed by atoms with van der Waals surface area (Å²) >= 11 is 0. The van der Waals surface area contributed by atoms with Gasteiger partial charge in [-0.25, -0.2) is 14.8 Å². The van der Waals surface area contributed by atoms with Crippen LogP contribution in [0.5, 0.6) is 0 Å². The molecule has 0 saturated carbocycles. The third-order valence-electron chi connectivity index (χ3n) is 2.26. The maximum atomic E-state index is 10.6. The molecule has 0 aliphatic carbocycles. The SMILES string of the molecule is CC(C)c1cc(N[C@H](C)C(=O)O)ncn1.O=C(O)C(F)(F)F. The van der Waals surface area contributed by atoms with E-state index >= 15 is 0 Å². The molecule has 0 bridgehead atoms. The van der Waals surface area contributed by atoms with E-state index in [1.54, 1.807) is 13.0 Å². The summed E-state index contributed by atoms with van der Waals surface area (Å²) in [6.07, 6.45) is -3.65. The number of carboxylic acids is 2. The van der Waals surface area contributed by atoms with Crippen molar-refractivity contribution in [1.82, 2.24) is 9.97 Å². The van der Waals surface area contributed by atoms with Crippen LogP contribution in [-0.2, 0) is 9.59 Å². The highest BCUT2D eigenvalue weighted by Crippen LogP contribution is 2.14. The first-order valence-corrected chi connectivity index (χ1v) is 6.06. The van der Waals surface area contributed by atoms with Crippen molar-refractivity contribution in [2.75, 3.05) is 5.32 Å². The molecule has 1 aromatic heterocycles. The molecule has 1 heterocycles. The molecule has 0 saturated heterocycles. The molecule has 0 aromatic carbocycles. The Hall–Kier alpha value is -2.39. The monoisotopic (exact) mass is 323 g/mol. The van der Waals surface area contributed by atoms with E-state index in [0.717, 1.165) is 5.69 Å². The predicted octanol–water partition coefficient (Wildman–Crippen LogP) is 2.12. The van der Waals surface area contributed by atoms with Crippen LogP contribution in [0.3, 0.4) is 0 Å². The Kier molecular flexibility index (Phi) is 7.26. The van der Waals surface area contributed by atoms with Gasteiger partial charge < -0.3 is 15.5 Å². The van der Waals surface area contributed by atoms with E-state index in [-0.39, 0.29) is 0 Å². The summed E-state index contributed by atoms with van der Waals surface area (Å²) in [5.41, 5.74) is 0.894. The molecule has 1 aromatic rings. The number of rotatable bonds is 4. The Balaban J connectivity index is 0.000000534. The maximum Gasteiger partial charge on any atom is 0.490 e. The average molecular weight is 323 g/mol. The smallest absolute Gasteiger partial charge is 0.480 e. The van der Waals surface area contributed by atoms with Crippen molar-refractivity contribution >= 4 is 17.8 Å². The molecule has 10 heteroatoms. The maximum absolute atomic E-state index is 10.6. The normalized spacial score (nSPS) is 12.1. The van der Waals surface area contributed by atoms with Crippen molar-refractivity contribution in [2.24, 2.45) is 0 Å². The van der Waals surface area contributed by atoms with Crippen LogP contribution in [0.15, 0.2) is 12.4 Å². The Morgan fingerprint density at radius 1 is 1.18 bits per heavy atom. The van der Waals surface area contributed by atoms with Crippen LogP contribution in [0.1, 0.15) is 32.4 Å². The van der Waals surface area contributed by atoms with Crippen LogP contribution in [0.2, 0.25) is 0 Å². The van der Waals surface area contributed by atoms with Crippen LogP contribution < -0.4 is 5.32 Å². The van der Waals surface area contributed by atoms with Crippen LogP contribution in [0.25, 0.3) is 0 Å². The van der Waals surface area contributed by atoms with E-state index < -0.39 is 24.2 Å². The van der Waals surface area contributed by atoms with Gasteiger partial charge in [-0.1, -0.05) is 13.8 Å². The van der Waals surface area contributed by atoms with E-state index in [4.69, 9.17) is 15.0 Å². The number of alkyl halides is 3. The van der Waals surface area contributed by atoms with E-state index in [2.05, 4.69) is 15.3 Å². The first-order chi connectivity index (χ1) is 9.95. The topological polar surface area (TPSA) is 112 Å². The largest absolute Gasteiger partial charge is 0.490 e. The molecule has 0 amide bonds. The fourth-order valence-electron chi connectivity index (χ4n) is 1.05. The molecular formula is C12H16F3N3O4. The zero-order chi connectivity index (χ0) is 17.5. The molecule has 0 spiro atoms. The van der Waals surface area contributed by atoms with Gasteiger partial charge in [-0.05, 0) is 12.8 Å². The number of carbonyl (C=O) groups is 2. The van der Waals surface area contributed by atoms with Crippen LogP contribution in [0.4, 0.5) is 19.0 Å². The van der Waals surface area contributed by atoms with Gasteiger partial charge in [-0.3, -0.25) is 4.79 Å².